The van der Waals surface area contributed by atoms with Crippen molar-refractivity contribution in [2.24, 2.45) is 0 Å². The Balaban J connectivity index is 1.82. The quantitative estimate of drug-likeness (QED) is 0.722. The van der Waals surface area contributed by atoms with Gasteiger partial charge in [0.05, 0.1) is 6.54 Å². The van der Waals surface area contributed by atoms with Crippen LogP contribution in [0.15, 0.2) is 54.6 Å². The highest BCUT2D eigenvalue weighted by atomic mass is 15.6. The van der Waals surface area contributed by atoms with Crippen molar-refractivity contribution in [2.75, 3.05) is 5.73 Å². The van der Waals surface area contributed by atoms with Gasteiger partial charge in [0.1, 0.15) is 0 Å². The molecule has 0 radical (unpaired) electrons. The van der Waals surface area contributed by atoms with Crippen LogP contribution in [0, 0.1) is 0 Å². The third-order valence-corrected chi connectivity index (χ3v) is 2.76. The lowest BCUT2D eigenvalue weighted by molar-refractivity contribution is 0.573. The molecule has 0 unspecified atom stereocenters. The average molecular weight is 251 g/mol. The lowest BCUT2D eigenvalue weighted by Gasteiger charge is -2.00. The second-order valence-electron chi connectivity index (χ2n) is 4.25. The number of nitrogens with two attached hydrogens (primary N) is 1. The number of tetrazole rings is 1. The number of nitrogens with zero attached hydrogens (tertiary/aromatic N) is 4. The fourth-order valence-corrected chi connectivity index (χ4v) is 1.87. The third-order valence-electron chi connectivity index (χ3n) is 2.76. The van der Waals surface area contributed by atoms with Gasteiger partial charge in [-0.1, -0.05) is 42.5 Å². The van der Waals surface area contributed by atoms with Gasteiger partial charge in [-0.2, -0.15) is 4.80 Å². The van der Waals surface area contributed by atoms with Crippen molar-refractivity contribution in [2.45, 2.75) is 6.54 Å². The Morgan fingerprint density at radius 1 is 1.00 bits per heavy atom. The summed E-state index contributed by atoms with van der Waals surface area (Å²) in [7, 11) is 0. The van der Waals surface area contributed by atoms with Gasteiger partial charge in [0.25, 0.3) is 0 Å². The standard InChI is InChI=1S/C14H13N5/c15-13-8-4-5-11(9-13)10-19-17-14(16-18-19)12-6-2-1-3-7-12/h1-9H,10,15H2. The molecule has 0 bridgehead atoms. The van der Waals surface area contributed by atoms with Crippen molar-refractivity contribution in [1.29, 1.82) is 0 Å². The van der Waals surface area contributed by atoms with Crippen LogP contribution < -0.4 is 5.73 Å². The van der Waals surface area contributed by atoms with Crippen LogP contribution in [-0.4, -0.2) is 20.2 Å². The summed E-state index contributed by atoms with van der Waals surface area (Å²) in [5.41, 5.74) is 8.49. The summed E-state index contributed by atoms with van der Waals surface area (Å²) in [6, 6.07) is 17.5. The molecule has 0 aliphatic carbocycles. The molecule has 3 rings (SSSR count). The Labute approximate surface area is 110 Å². The summed E-state index contributed by atoms with van der Waals surface area (Å²) in [6.07, 6.45) is 0. The minimum Gasteiger partial charge on any atom is -0.399 e. The van der Waals surface area contributed by atoms with Crippen LogP contribution in [-0.2, 0) is 6.54 Å². The zero-order valence-corrected chi connectivity index (χ0v) is 10.3. The van der Waals surface area contributed by atoms with E-state index in [1.807, 2.05) is 54.6 Å². The Morgan fingerprint density at radius 2 is 1.84 bits per heavy atom. The molecule has 0 saturated heterocycles. The summed E-state index contributed by atoms with van der Waals surface area (Å²) in [5.74, 6) is 0.629. The molecule has 0 aliphatic heterocycles. The third kappa shape index (κ3) is 2.60. The molecule has 1 aromatic heterocycles. The van der Waals surface area contributed by atoms with Crippen molar-refractivity contribution in [1.82, 2.24) is 20.2 Å². The van der Waals surface area contributed by atoms with Gasteiger partial charge in [-0.3, -0.25) is 0 Å². The van der Waals surface area contributed by atoms with Gasteiger partial charge in [0.2, 0.25) is 5.82 Å². The van der Waals surface area contributed by atoms with E-state index in [9.17, 15) is 0 Å². The summed E-state index contributed by atoms with van der Waals surface area (Å²) in [4.78, 5) is 1.57. The first-order chi connectivity index (χ1) is 9.31. The van der Waals surface area contributed by atoms with Crippen LogP contribution >= 0.6 is 0 Å². The molecule has 0 fully saturated rings. The van der Waals surface area contributed by atoms with Crippen molar-refractivity contribution in [3.05, 3.63) is 60.2 Å². The van der Waals surface area contributed by atoms with Gasteiger partial charge >= 0.3 is 0 Å². The van der Waals surface area contributed by atoms with Gasteiger partial charge in [0.15, 0.2) is 0 Å². The second kappa shape index (κ2) is 4.89. The number of nitrogen functional groups attached to an aromatic ring is 1. The van der Waals surface area contributed by atoms with Crippen LogP contribution in [0.5, 0.6) is 0 Å². The van der Waals surface area contributed by atoms with Crippen molar-refractivity contribution in [3.63, 3.8) is 0 Å². The van der Waals surface area contributed by atoms with Crippen LogP contribution in [0.1, 0.15) is 5.56 Å². The SMILES string of the molecule is Nc1cccc(Cn2nnc(-c3ccccc3)n2)c1. The first kappa shape index (κ1) is 11.4. The largest absolute Gasteiger partial charge is 0.399 e. The average Bonchev–Trinajstić information content (AvgIpc) is 2.88. The predicted molar refractivity (Wildman–Crippen MR) is 73.2 cm³/mol. The van der Waals surface area contributed by atoms with Crippen molar-refractivity contribution in [3.8, 4) is 11.4 Å². The van der Waals surface area contributed by atoms with E-state index in [0.29, 0.717) is 12.4 Å². The fraction of sp³-hybridized carbons (Fsp3) is 0.0714. The summed E-state index contributed by atoms with van der Waals surface area (Å²) in [6.45, 7) is 0.560. The maximum absolute atomic E-state index is 5.74. The molecule has 0 amide bonds. The molecule has 5 nitrogen and oxygen atoms in total. The lowest BCUT2D eigenvalue weighted by atomic mass is 10.2. The molecule has 1 heterocycles. The highest BCUT2D eigenvalue weighted by Gasteiger charge is 2.05. The van der Waals surface area contributed by atoms with Gasteiger partial charge in [-0.15, -0.1) is 10.2 Å². The number of hydrogen-bond acceptors (Lipinski definition) is 4. The fourth-order valence-electron chi connectivity index (χ4n) is 1.87. The first-order valence-corrected chi connectivity index (χ1v) is 5.99. The molecule has 19 heavy (non-hydrogen) atoms. The van der Waals surface area contributed by atoms with E-state index in [0.717, 1.165) is 16.8 Å². The molecule has 2 aromatic carbocycles. The lowest BCUT2D eigenvalue weighted by Crippen LogP contribution is -2.04. The number of anilines is 1. The summed E-state index contributed by atoms with van der Waals surface area (Å²) < 4.78 is 0. The number of aromatic nitrogens is 4. The predicted octanol–water partition coefficient (Wildman–Crippen LogP) is 1.97. The van der Waals surface area contributed by atoms with E-state index >= 15 is 0 Å². The van der Waals surface area contributed by atoms with E-state index in [4.69, 9.17) is 5.73 Å². The van der Waals surface area contributed by atoms with Crippen LogP contribution in [0.25, 0.3) is 11.4 Å². The zero-order valence-electron chi connectivity index (χ0n) is 10.3. The van der Waals surface area contributed by atoms with E-state index in [-0.39, 0.29) is 0 Å². The summed E-state index contributed by atoms with van der Waals surface area (Å²) >= 11 is 0. The summed E-state index contributed by atoms with van der Waals surface area (Å²) in [5, 5.41) is 12.5. The smallest absolute Gasteiger partial charge is 0.204 e. The molecule has 0 aliphatic rings. The highest BCUT2D eigenvalue weighted by Crippen LogP contribution is 2.13. The van der Waals surface area contributed by atoms with E-state index in [1.54, 1.807) is 4.80 Å². The topological polar surface area (TPSA) is 69.6 Å². The Hall–Kier alpha value is -2.69. The van der Waals surface area contributed by atoms with E-state index in [2.05, 4.69) is 15.4 Å². The molecule has 0 atom stereocenters. The van der Waals surface area contributed by atoms with Gasteiger partial charge in [-0.25, -0.2) is 0 Å². The normalized spacial score (nSPS) is 10.5. The minimum atomic E-state index is 0.560. The van der Waals surface area contributed by atoms with Gasteiger partial charge in [0, 0.05) is 11.3 Å². The van der Waals surface area contributed by atoms with Crippen LogP contribution in [0.4, 0.5) is 5.69 Å². The molecule has 2 N–H and O–H groups in total. The van der Waals surface area contributed by atoms with E-state index in [1.165, 1.54) is 0 Å². The Kier molecular flexibility index (Phi) is 2.94. The van der Waals surface area contributed by atoms with Crippen molar-refractivity contribution < 1.29 is 0 Å². The highest BCUT2D eigenvalue weighted by molar-refractivity contribution is 5.53. The second-order valence-corrected chi connectivity index (χ2v) is 4.25. The molecule has 3 aromatic rings. The zero-order chi connectivity index (χ0) is 13.1. The molecule has 0 saturated carbocycles. The van der Waals surface area contributed by atoms with Crippen molar-refractivity contribution >= 4 is 5.69 Å². The minimum absolute atomic E-state index is 0.560. The Bertz CT molecular complexity index is 675. The molecular weight excluding hydrogens is 238 g/mol. The van der Waals surface area contributed by atoms with Crippen LogP contribution in [0.3, 0.4) is 0 Å². The van der Waals surface area contributed by atoms with Gasteiger partial charge < -0.3 is 5.73 Å². The number of hydrogen-bond donors (Lipinski definition) is 1. The molecule has 5 heteroatoms. The molecule has 0 spiro atoms. The molecule has 94 valence electrons. The number of benzene rings is 2. The molecular formula is C14H13N5. The van der Waals surface area contributed by atoms with E-state index < -0.39 is 0 Å². The van der Waals surface area contributed by atoms with Crippen LogP contribution in [0.2, 0.25) is 0 Å². The number of rotatable bonds is 3. The first-order valence-electron chi connectivity index (χ1n) is 5.99. The Morgan fingerprint density at radius 3 is 2.63 bits per heavy atom. The maximum Gasteiger partial charge on any atom is 0.204 e. The maximum atomic E-state index is 5.74. The van der Waals surface area contributed by atoms with Gasteiger partial charge in [-0.05, 0) is 22.9 Å². The monoisotopic (exact) mass is 251 g/mol.